The van der Waals surface area contributed by atoms with Gasteiger partial charge < -0.3 is 5.11 Å². The van der Waals surface area contributed by atoms with Crippen LogP contribution in [0.15, 0.2) is 36.7 Å². The van der Waals surface area contributed by atoms with Crippen molar-refractivity contribution in [1.82, 2.24) is 4.98 Å². The van der Waals surface area contributed by atoms with Crippen LogP contribution in [0.5, 0.6) is 0 Å². The molecule has 1 N–H and O–H groups in total. The number of aromatic nitrogens is 1. The molecule has 0 aliphatic rings. The van der Waals surface area contributed by atoms with Crippen LogP contribution in [0.2, 0.25) is 5.02 Å². The molecule has 0 aliphatic carbocycles. The van der Waals surface area contributed by atoms with Crippen LogP contribution in [0.1, 0.15) is 22.8 Å². The van der Waals surface area contributed by atoms with Crippen molar-refractivity contribution in [2.75, 3.05) is 0 Å². The standard InChI is InChI=1S/C13H11ClFNO/c1-8-5-9(7-16-6-8)13(17)10-3-2-4-11(14)12(10)15/h2-7,13,17H,1H3. The average molecular weight is 252 g/mol. The number of hydrogen-bond acceptors (Lipinski definition) is 2. The summed E-state index contributed by atoms with van der Waals surface area (Å²) in [6.07, 6.45) is 2.13. The van der Waals surface area contributed by atoms with Crippen molar-refractivity contribution in [2.45, 2.75) is 13.0 Å². The second kappa shape index (κ2) is 4.82. The van der Waals surface area contributed by atoms with Crippen molar-refractivity contribution < 1.29 is 9.50 Å². The van der Waals surface area contributed by atoms with Gasteiger partial charge in [-0.25, -0.2) is 4.39 Å². The van der Waals surface area contributed by atoms with E-state index in [1.54, 1.807) is 18.3 Å². The van der Waals surface area contributed by atoms with Gasteiger partial charge in [-0.3, -0.25) is 4.98 Å². The molecule has 0 saturated heterocycles. The Balaban J connectivity index is 2.44. The monoisotopic (exact) mass is 251 g/mol. The maximum atomic E-state index is 13.7. The number of pyridine rings is 1. The van der Waals surface area contributed by atoms with Gasteiger partial charge in [0, 0.05) is 23.5 Å². The highest BCUT2D eigenvalue weighted by atomic mass is 35.5. The fourth-order valence-electron chi connectivity index (χ4n) is 1.64. The van der Waals surface area contributed by atoms with Gasteiger partial charge in [-0.15, -0.1) is 0 Å². The lowest BCUT2D eigenvalue weighted by molar-refractivity contribution is 0.214. The zero-order valence-corrected chi connectivity index (χ0v) is 9.95. The maximum Gasteiger partial charge on any atom is 0.147 e. The summed E-state index contributed by atoms with van der Waals surface area (Å²) in [4.78, 5) is 3.97. The molecule has 0 fully saturated rings. The number of aryl methyl sites for hydroxylation is 1. The van der Waals surface area contributed by atoms with E-state index in [0.717, 1.165) is 5.56 Å². The van der Waals surface area contributed by atoms with Crippen molar-refractivity contribution in [3.05, 3.63) is 64.2 Å². The van der Waals surface area contributed by atoms with Crippen LogP contribution >= 0.6 is 11.6 Å². The lowest BCUT2D eigenvalue weighted by Gasteiger charge is -2.13. The van der Waals surface area contributed by atoms with Gasteiger partial charge in [-0.2, -0.15) is 0 Å². The summed E-state index contributed by atoms with van der Waals surface area (Å²) in [5.74, 6) is -0.594. The molecule has 2 aromatic rings. The van der Waals surface area contributed by atoms with Gasteiger partial charge in [0.25, 0.3) is 0 Å². The number of aliphatic hydroxyl groups excluding tert-OH is 1. The molecule has 17 heavy (non-hydrogen) atoms. The Labute approximate surface area is 104 Å². The third-order valence-corrected chi connectivity index (χ3v) is 2.78. The normalized spacial score (nSPS) is 12.5. The molecule has 2 nitrogen and oxygen atoms in total. The van der Waals surface area contributed by atoms with Gasteiger partial charge in [-0.05, 0) is 18.6 Å². The van der Waals surface area contributed by atoms with Crippen LogP contribution in [0.25, 0.3) is 0 Å². The smallest absolute Gasteiger partial charge is 0.147 e. The molecule has 0 aliphatic heterocycles. The largest absolute Gasteiger partial charge is 0.383 e. The first-order valence-corrected chi connectivity index (χ1v) is 5.51. The van der Waals surface area contributed by atoms with Crippen molar-refractivity contribution in [3.63, 3.8) is 0 Å². The molecule has 1 atom stereocenters. The molecule has 0 saturated carbocycles. The summed E-state index contributed by atoms with van der Waals surface area (Å²) in [5, 5.41) is 10.1. The number of halogens is 2. The molecule has 2 rings (SSSR count). The van der Waals surface area contributed by atoms with Gasteiger partial charge >= 0.3 is 0 Å². The summed E-state index contributed by atoms with van der Waals surface area (Å²) >= 11 is 5.67. The number of aliphatic hydroxyl groups is 1. The first-order chi connectivity index (χ1) is 8.09. The van der Waals surface area contributed by atoms with Crippen LogP contribution in [0, 0.1) is 12.7 Å². The maximum absolute atomic E-state index is 13.7. The second-order valence-corrected chi connectivity index (χ2v) is 4.25. The first kappa shape index (κ1) is 12.0. The molecule has 4 heteroatoms. The fourth-order valence-corrected chi connectivity index (χ4v) is 1.82. The Morgan fingerprint density at radius 3 is 2.82 bits per heavy atom. The van der Waals surface area contributed by atoms with Gasteiger partial charge in [0.15, 0.2) is 0 Å². The predicted molar refractivity (Wildman–Crippen MR) is 64.4 cm³/mol. The third kappa shape index (κ3) is 2.46. The summed E-state index contributed by atoms with van der Waals surface area (Å²) in [6, 6.07) is 6.32. The van der Waals surface area contributed by atoms with Crippen molar-refractivity contribution in [1.29, 1.82) is 0 Å². The highest BCUT2D eigenvalue weighted by molar-refractivity contribution is 6.30. The summed E-state index contributed by atoms with van der Waals surface area (Å²) < 4.78 is 13.7. The molecule has 0 spiro atoms. The SMILES string of the molecule is Cc1cncc(C(O)c2cccc(Cl)c2F)c1. The Morgan fingerprint density at radius 1 is 1.35 bits per heavy atom. The summed E-state index contributed by atoms with van der Waals surface area (Å²) in [7, 11) is 0. The van der Waals surface area contributed by atoms with Crippen LogP contribution in [0.3, 0.4) is 0 Å². The van der Waals surface area contributed by atoms with E-state index in [2.05, 4.69) is 4.98 Å². The predicted octanol–water partition coefficient (Wildman–Crippen LogP) is 3.26. The molecule has 0 radical (unpaired) electrons. The molecule has 1 aromatic heterocycles. The van der Waals surface area contributed by atoms with Crippen molar-refractivity contribution in [3.8, 4) is 0 Å². The first-order valence-electron chi connectivity index (χ1n) is 5.13. The van der Waals surface area contributed by atoms with E-state index in [0.29, 0.717) is 5.56 Å². The summed E-state index contributed by atoms with van der Waals surface area (Å²) in [6.45, 7) is 1.86. The molecule has 1 unspecified atom stereocenters. The van der Waals surface area contributed by atoms with Crippen LogP contribution in [-0.2, 0) is 0 Å². The van der Waals surface area contributed by atoms with Crippen molar-refractivity contribution >= 4 is 11.6 Å². The topological polar surface area (TPSA) is 33.1 Å². The minimum absolute atomic E-state index is 0.00200. The van der Waals surface area contributed by atoms with E-state index >= 15 is 0 Å². The molecule has 0 bridgehead atoms. The minimum Gasteiger partial charge on any atom is -0.383 e. The van der Waals surface area contributed by atoms with E-state index in [9.17, 15) is 9.50 Å². The van der Waals surface area contributed by atoms with Crippen LogP contribution in [-0.4, -0.2) is 10.1 Å². The fraction of sp³-hybridized carbons (Fsp3) is 0.154. The average Bonchev–Trinajstić information content (AvgIpc) is 2.32. The third-order valence-electron chi connectivity index (χ3n) is 2.49. The van der Waals surface area contributed by atoms with Crippen molar-refractivity contribution in [2.24, 2.45) is 0 Å². The highest BCUT2D eigenvalue weighted by Crippen LogP contribution is 2.27. The van der Waals surface area contributed by atoms with Gasteiger partial charge in [0.2, 0.25) is 0 Å². The Bertz CT molecular complexity index is 545. The quantitative estimate of drug-likeness (QED) is 0.889. The van der Waals surface area contributed by atoms with Crippen LogP contribution < -0.4 is 0 Å². The van der Waals surface area contributed by atoms with E-state index in [4.69, 9.17) is 11.6 Å². The Morgan fingerprint density at radius 2 is 2.12 bits per heavy atom. The van der Waals surface area contributed by atoms with Gasteiger partial charge in [0.05, 0.1) is 5.02 Å². The van der Waals surface area contributed by atoms with E-state index in [1.165, 1.54) is 18.3 Å². The minimum atomic E-state index is -1.05. The zero-order chi connectivity index (χ0) is 12.4. The zero-order valence-electron chi connectivity index (χ0n) is 9.19. The molecule has 88 valence electrons. The number of hydrogen-bond donors (Lipinski definition) is 1. The lowest BCUT2D eigenvalue weighted by Crippen LogP contribution is -2.03. The number of benzene rings is 1. The lowest BCUT2D eigenvalue weighted by atomic mass is 10.0. The number of nitrogens with zero attached hydrogens (tertiary/aromatic N) is 1. The van der Waals surface area contributed by atoms with Gasteiger partial charge in [-0.1, -0.05) is 29.8 Å². The van der Waals surface area contributed by atoms with E-state index < -0.39 is 11.9 Å². The van der Waals surface area contributed by atoms with Gasteiger partial charge in [0.1, 0.15) is 11.9 Å². The molecule has 0 amide bonds. The molecular formula is C13H11ClFNO. The van der Waals surface area contributed by atoms with E-state index in [-0.39, 0.29) is 10.6 Å². The Hall–Kier alpha value is -1.45. The molecule has 1 aromatic carbocycles. The highest BCUT2D eigenvalue weighted by Gasteiger charge is 2.17. The van der Waals surface area contributed by atoms with E-state index in [1.807, 2.05) is 6.92 Å². The molecule has 1 heterocycles. The number of rotatable bonds is 2. The molecular weight excluding hydrogens is 241 g/mol. The Kier molecular flexibility index (Phi) is 3.41. The second-order valence-electron chi connectivity index (χ2n) is 3.84. The van der Waals surface area contributed by atoms with Crippen LogP contribution in [0.4, 0.5) is 4.39 Å². The summed E-state index contributed by atoms with van der Waals surface area (Å²) in [5.41, 5.74) is 1.61.